The maximum atomic E-state index is 5.14. The van der Waals surface area contributed by atoms with Crippen molar-refractivity contribution in [3.05, 3.63) is 10.7 Å². The lowest BCUT2D eigenvalue weighted by Gasteiger charge is -1.76. The maximum Gasteiger partial charge on any atom is 0.242 e. The topological polar surface area (TPSA) is 51.6 Å². The Hall–Kier alpha value is 0.650. The van der Waals surface area contributed by atoms with Gasteiger partial charge in [-0.05, 0) is 15.9 Å². The molecule has 0 heterocycles. The van der Waals surface area contributed by atoms with E-state index in [4.69, 9.17) is 11.1 Å². The molecule has 5 heteroatoms. The zero-order valence-electron chi connectivity index (χ0n) is 3.87. The van der Waals surface area contributed by atoms with E-state index in [0.717, 1.165) is 0 Å². The molecule has 0 fully saturated rings. The second-order valence-electron chi connectivity index (χ2n) is 0.914. The Kier molecular flexibility index (Phi) is 8.27. The molecule has 0 atom stereocenters. The van der Waals surface area contributed by atoms with Crippen LogP contribution in [-0.4, -0.2) is 4.62 Å². The summed E-state index contributed by atoms with van der Waals surface area (Å²) >= 11 is 5.97. The summed E-state index contributed by atoms with van der Waals surface area (Å²) in [5.74, 6) is 0. The van der Waals surface area contributed by atoms with E-state index >= 15 is 0 Å². The summed E-state index contributed by atoms with van der Waals surface area (Å²) in [5.41, 5.74) is 5.14. The largest absolute Gasteiger partial charge is 1.00 e. The summed E-state index contributed by atoms with van der Waals surface area (Å²) in [6, 6.07) is 0. The highest BCUT2D eigenvalue weighted by Crippen LogP contribution is 1.94. The van der Waals surface area contributed by atoms with Gasteiger partial charge in [0.2, 0.25) is 4.62 Å². The molecule has 0 radical (unpaired) electrons. The first-order chi connectivity index (χ1) is 3.13. The predicted molar refractivity (Wildman–Crippen MR) is 37.1 cm³/mol. The molecule has 0 aromatic carbocycles. The fourth-order valence-corrected chi connectivity index (χ4v) is 0.932. The van der Waals surface area contributed by atoms with Crippen molar-refractivity contribution in [2.24, 2.45) is 5.73 Å². The Balaban J connectivity index is 0. The van der Waals surface area contributed by atoms with Gasteiger partial charge in [0.05, 0.1) is 4.61 Å². The monoisotopic (exact) mass is 306 g/mol. The summed E-state index contributed by atoms with van der Waals surface area (Å²) in [7, 11) is 0. The van der Waals surface area contributed by atoms with Crippen LogP contribution in [0, 0.1) is 0 Å². The highest BCUT2D eigenvalue weighted by molar-refractivity contribution is 9.18. The van der Waals surface area contributed by atoms with Crippen LogP contribution in [0.25, 0.3) is 0 Å². The van der Waals surface area contributed by atoms with Crippen molar-refractivity contribution in [3.8, 4) is 0 Å². The van der Waals surface area contributed by atoms with Crippen molar-refractivity contribution in [2.75, 3.05) is 0 Å². The standard InChI is InChI=1S/C3H4Br2N2.BrH/c4-2(6)1-3(5)7;/h1,6H,7H2;1H/b3-1+,6-2?;. The van der Waals surface area contributed by atoms with Crippen LogP contribution in [0.1, 0.15) is 0 Å². The Morgan fingerprint density at radius 2 is 1.88 bits per heavy atom. The van der Waals surface area contributed by atoms with Gasteiger partial charge in [-0.25, -0.2) is 5.41 Å². The minimum Gasteiger partial charge on any atom is -1.00 e. The molecular weight excluding hydrogens is 304 g/mol. The predicted octanol–water partition coefficient (Wildman–Crippen LogP) is -3.26. The second kappa shape index (κ2) is 5.78. The first-order valence-electron chi connectivity index (χ1n) is 1.53. The summed E-state index contributed by atoms with van der Waals surface area (Å²) in [6.07, 6.45) is 1.56. The van der Waals surface area contributed by atoms with Gasteiger partial charge >= 0.3 is 0 Å². The Morgan fingerprint density at radius 1 is 1.50 bits per heavy atom. The van der Waals surface area contributed by atoms with E-state index in [1.165, 1.54) is 0 Å². The van der Waals surface area contributed by atoms with E-state index in [2.05, 4.69) is 31.9 Å². The lowest BCUT2D eigenvalue weighted by Crippen LogP contribution is -3.00. The number of halogens is 3. The molecule has 48 valence electrons. The van der Waals surface area contributed by atoms with Crippen molar-refractivity contribution in [2.45, 2.75) is 0 Å². The normalized spacial score (nSPS) is 10.0. The average Bonchev–Trinajstić information content (AvgIpc) is 1.27. The fraction of sp³-hybridized carbons (Fsp3) is 0. The third-order valence-electron chi connectivity index (χ3n) is 0.276. The molecule has 0 spiro atoms. The van der Waals surface area contributed by atoms with Crippen LogP contribution in [-0.2, 0) is 0 Å². The van der Waals surface area contributed by atoms with Crippen LogP contribution >= 0.6 is 31.9 Å². The Labute approximate surface area is 75.1 Å². The van der Waals surface area contributed by atoms with E-state index in [0.29, 0.717) is 9.23 Å². The second-order valence-corrected chi connectivity index (χ2v) is 2.75. The van der Waals surface area contributed by atoms with E-state index in [1.54, 1.807) is 6.08 Å². The highest BCUT2D eigenvalue weighted by Gasteiger charge is 1.86. The van der Waals surface area contributed by atoms with E-state index in [-0.39, 0.29) is 17.0 Å². The molecule has 0 aliphatic rings. The average molecular weight is 309 g/mol. The smallest absolute Gasteiger partial charge is 0.242 e. The van der Waals surface area contributed by atoms with Crippen molar-refractivity contribution in [3.63, 3.8) is 0 Å². The summed E-state index contributed by atoms with van der Waals surface area (Å²) in [6.45, 7) is 0. The molecule has 0 saturated heterocycles. The molecule has 0 rings (SSSR count). The number of hydrogen-bond donors (Lipinski definition) is 2. The van der Waals surface area contributed by atoms with Gasteiger partial charge in [-0.2, -0.15) is 0 Å². The highest BCUT2D eigenvalue weighted by atomic mass is 79.9. The van der Waals surface area contributed by atoms with Gasteiger partial charge in [0.25, 0.3) is 0 Å². The summed E-state index contributed by atoms with van der Waals surface area (Å²) in [4.78, 5) is 0. The van der Waals surface area contributed by atoms with Crippen LogP contribution in [0.2, 0.25) is 0 Å². The van der Waals surface area contributed by atoms with Gasteiger partial charge in [0.1, 0.15) is 0 Å². The molecule has 4 N–H and O–H groups in total. The van der Waals surface area contributed by atoms with Crippen molar-refractivity contribution < 1.29 is 22.4 Å². The van der Waals surface area contributed by atoms with E-state index in [9.17, 15) is 0 Å². The van der Waals surface area contributed by atoms with Crippen molar-refractivity contribution in [1.82, 2.24) is 0 Å². The van der Waals surface area contributed by atoms with E-state index < -0.39 is 0 Å². The molecule has 0 aromatic rings. The van der Waals surface area contributed by atoms with Crippen LogP contribution in [0.3, 0.4) is 0 Å². The number of nitrogens with two attached hydrogens (primary N) is 2. The van der Waals surface area contributed by atoms with E-state index in [1.807, 2.05) is 0 Å². The first kappa shape index (κ1) is 11.4. The lowest BCUT2D eigenvalue weighted by atomic mass is 10.7. The molecule has 0 unspecified atom stereocenters. The van der Waals surface area contributed by atoms with Crippen LogP contribution in [0.15, 0.2) is 10.7 Å². The molecule has 0 aliphatic carbocycles. The van der Waals surface area contributed by atoms with Gasteiger partial charge in [-0.1, -0.05) is 0 Å². The molecular formula is C3H5Br3N2. The SMILES string of the molecule is N/C(Br)=C/C(=[NH2+])Br.[Br-]. The van der Waals surface area contributed by atoms with Crippen LogP contribution in [0.5, 0.6) is 0 Å². The van der Waals surface area contributed by atoms with Gasteiger partial charge in [-0.15, -0.1) is 0 Å². The Bertz CT molecular complexity index is 105. The number of allylic oxidation sites excluding steroid dienone is 1. The molecule has 0 aliphatic heterocycles. The van der Waals surface area contributed by atoms with Gasteiger partial charge in [-0.3, -0.25) is 0 Å². The molecule has 2 nitrogen and oxygen atoms in total. The molecule has 0 bridgehead atoms. The van der Waals surface area contributed by atoms with Crippen LogP contribution < -0.4 is 28.1 Å². The third kappa shape index (κ3) is 9.82. The maximum absolute atomic E-state index is 5.14. The summed E-state index contributed by atoms with van der Waals surface area (Å²) in [5, 5.41) is 5.14. The first-order valence-corrected chi connectivity index (χ1v) is 3.12. The quantitative estimate of drug-likeness (QED) is 0.388. The van der Waals surface area contributed by atoms with Crippen molar-refractivity contribution >= 4 is 36.5 Å². The van der Waals surface area contributed by atoms with Gasteiger partial charge in [0.15, 0.2) is 0 Å². The minimum atomic E-state index is 0. The fourth-order valence-electron chi connectivity index (χ4n) is 0.132. The molecule has 8 heavy (non-hydrogen) atoms. The molecule has 0 saturated carbocycles. The zero-order chi connectivity index (χ0) is 5.86. The number of hydrogen-bond acceptors (Lipinski definition) is 1. The minimum absolute atomic E-state index is 0. The summed E-state index contributed by atoms with van der Waals surface area (Å²) < 4.78 is 1.03. The molecule has 0 amide bonds. The van der Waals surface area contributed by atoms with Crippen molar-refractivity contribution in [1.29, 1.82) is 0 Å². The van der Waals surface area contributed by atoms with Gasteiger partial charge < -0.3 is 22.7 Å². The Morgan fingerprint density at radius 3 is 1.88 bits per heavy atom. The number of rotatable bonds is 1. The van der Waals surface area contributed by atoms with Gasteiger partial charge in [0, 0.05) is 22.0 Å². The molecule has 0 aromatic heterocycles. The third-order valence-corrected chi connectivity index (χ3v) is 0.734. The zero-order valence-corrected chi connectivity index (χ0v) is 8.62. The van der Waals surface area contributed by atoms with Crippen LogP contribution in [0.4, 0.5) is 0 Å². The lowest BCUT2D eigenvalue weighted by molar-refractivity contribution is -0.106.